The first-order valence-corrected chi connectivity index (χ1v) is 5.61. The maximum atomic E-state index is 11.4. The topological polar surface area (TPSA) is 84.6 Å². The zero-order valence-corrected chi connectivity index (χ0v) is 9.64. The van der Waals surface area contributed by atoms with Crippen LogP contribution in [-0.4, -0.2) is 23.7 Å². The Morgan fingerprint density at radius 2 is 2.35 bits per heavy atom. The van der Waals surface area contributed by atoms with Gasteiger partial charge in [0.1, 0.15) is 5.75 Å². The molecule has 0 fully saturated rings. The summed E-state index contributed by atoms with van der Waals surface area (Å²) in [4.78, 5) is 11.4. The summed E-state index contributed by atoms with van der Waals surface area (Å²) in [5, 5.41) is 12.5. The number of carbonyl (C=O) groups is 1. The summed E-state index contributed by atoms with van der Waals surface area (Å²) in [6.45, 7) is 2.10. The van der Waals surface area contributed by atoms with Crippen LogP contribution in [0.5, 0.6) is 5.75 Å². The van der Waals surface area contributed by atoms with Gasteiger partial charge >= 0.3 is 0 Å². The van der Waals surface area contributed by atoms with Gasteiger partial charge in [0.15, 0.2) is 6.10 Å². The zero-order chi connectivity index (χ0) is 12.4. The van der Waals surface area contributed by atoms with Gasteiger partial charge in [-0.2, -0.15) is 0 Å². The molecule has 2 unspecified atom stereocenters. The number of hydrogen-bond donors (Lipinski definition) is 3. The van der Waals surface area contributed by atoms with Crippen molar-refractivity contribution < 1.29 is 14.6 Å². The molecule has 0 radical (unpaired) electrons. The van der Waals surface area contributed by atoms with Gasteiger partial charge in [0.25, 0.3) is 5.91 Å². The second kappa shape index (κ2) is 4.73. The Morgan fingerprint density at radius 1 is 1.59 bits per heavy atom. The standard InChI is InChI=1S/C12H16N2O3/c1-7-12(16)14-9-6-8(10(15)4-5-13)2-3-11(9)17-7/h2-3,6-7,10,15H,4-5,13H2,1H3,(H,14,16). The van der Waals surface area contributed by atoms with Crippen LogP contribution in [0.4, 0.5) is 5.69 Å². The number of nitrogens with two attached hydrogens (primary N) is 1. The molecule has 2 rings (SSSR count). The minimum atomic E-state index is -0.610. The Morgan fingerprint density at radius 3 is 3.06 bits per heavy atom. The van der Waals surface area contributed by atoms with Gasteiger partial charge < -0.3 is 20.9 Å². The fraction of sp³-hybridized carbons (Fsp3) is 0.417. The van der Waals surface area contributed by atoms with Crippen molar-refractivity contribution in [1.82, 2.24) is 0 Å². The Hall–Kier alpha value is -1.59. The van der Waals surface area contributed by atoms with Crippen molar-refractivity contribution in [2.45, 2.75) is 25.6 Å². The molecule has 0 spiro atoms. The number of fused-ring (bicyclic) bond motifs is 1. The number of rotatable bonds is 3. The third-order valence-electron chi connectivity index (χ3n) is 2.76. The molecule has 5 heteroatoms. The minimum Gasteiger partial charge on any atom is -0.479 e. The fourth-order valence-electron chi connectivity index (χ4n) is 1.76. The quantitative estimate of drug-likeness (QED) is 0.724. The predicted molar refractivity (Wildman–Crippen MR) is 63.8 cm³/mol. The maximum absolute atomic E-state index is 11.4. The van der Waals surface area contributed by atoms with Crippen LogP contribution in [0.25, 0.3) is 0 Å². The van der Waals surface area contributed by atoms with Gasteiger partial charge in [-0.3, -0.25) is 4.79 Å². The van der Waals surface area contributed by atoms with Crippen LogP contribution in [0, 0.1) is 0 Å². The summed E-state index contributed by atoms with van der Waals surface area (Å²) in [7, 11) is 0. The highest BCUT2D eigenvalue weighted by Gasteiger charge is 2.24. The predicted octanol–water partition coefficient (Wildman–Crippen LogP) is 0.788. The number of nitrogens with one attached hydrogen (secondary N) is 1. The number of amides is 1. The van der Waals surface area contributed by atoms with Crippen LogP contribution in [0.2, 0.25) is 0 Å². The number of ether oxygens (including phenoxy) is 1. The number of benzene rings is 1. The Kier molecular flexibility index (Phi) is 3.31. The normalized spacial score (nSPS) is 20.2. The smallest absolute Gasteiger partial charge is 0.265 e. The lowest BCUT2D eigenvalue weighted by Crippen LogP contribution is -2.34. The second-order valence-electron chi connectivity index (χ2n) is 4.10. The van der Waals surface area contributed by atoms with Crippen LogP contribution in [0.3, 0.4) is 0 Å². The van der Waals surface area contributed by atoms with E-state index in [1.165, 1.54) is 0 Å². The maximum Gasteiger partial charge on any atom is 0.265 e. The van der Waals surface area contributed by atoms with Crippen molar-refractivity contribution in [1.29, 1.82) is 0 Å². The zero-order valence-electron chi connectivity index (χ0n) is 9.64. The van der Waals surface area contributed by atoms with Gasteiger partial charge in [-0.05, 0) is 37.6 Å². The molecule has 0 saturated carbocycles. The first-order chi connectivity index (χ1) is 8.11. The van der Waals surface area contributed by atoms with Gasteiger partial charge in [0.2, 0.25) is 0 Å². The highest BCUT2D eigenvalue weighted by Crippen LogP contribution is 2.32. The lowest BCUT2D eigenvalue weighted by molar-refractivity contribution is -0.122. The third kappa shape index (κ3) is 2.40. The lowest BCUT2D eigenvalue weighted by atomic mass is 10.0. The van der Waals surface area contributed by atoms with Crippen LogP contribution in [-0.2, 0) is 4.79 Å². The molecule has 0 bridgehead atoms. The molecule has 0 saturated heterocycles. The van der Waals surface area contributed by atoms with E-state index in [4.69, 9.17) is 10.5 Å². The molecule has 0 aromatic heterocycles. The fourth-order valence-corrected chi connectivity index (χ4v) is 1.76. The molecule has 2 atom stereocenters. The van der Waals surface area contributed by atoms with Crippen molar-refractivity contribution in [3.63, 3.8) is 0 Å². The van der Waals surface area contributed by atoms with Crippen molar-refractivity contribution in [3.05, 3.63) is 23.8 Å². The largest absolute Gasteiger partial charge is 0.479 e. The lowest BCUT2D eigenvalue weighted by Gasteiger charge is -2.24. The molecule has 4 N–H and O–H groups in total. The van der Waals surface area contributed by atoms with Crippen molar-refractivity contribution in [2.24, 2.45) is 5.73 Å². The summed E-state index contributed by atoms with van der Waals surface area (Å²) in [6, 6.07) is 5.25. The van der Waals surface area contributed by atoms with Gasteiger partial charge in [-0.25, -0.2) is 0 Å². The number of carbonyl (C=O) groups excluding carboxylic acids is 1. The molecule has 17 heavy (non-hydrogen) atoms. The summed E-state index contributed by atoms with van der Waals surface area (Å²) < 4.78 is 5.42. The number of hydrogen-bond acceptors (Lipinski definition) is 4. The van der Waals surface area contributed by atoms with Crippen LogP contribution in [0.15, 0.2) is 18.2 Å². The molecule has 1 aromatic carbocycles. The molecule has 1 aliphatic heterocycles. The highest BCUT2D eigenvalue weighted by atomic mass is 16.5. The number of aliphatic hydroxyl groups excluding tert-OH is 1. The first kappa shape index (κ1) is 11.9. The van der Waals surface area contributed by atoms with E-state index in [2.05, 4.69) is 5.32 Å². The Balaban J connectivity index is 2.25. The van der Waals surface area contributed by atoms with Gasteiger partial charge in [-0.1, -0.05) is 6.07 Å². The summed E-state index contributed by atoms with van der Waals surface area (Å²) in [6.07, 6.45) is -0.604. The van der Waals surface area contributed by atoms with Crippen LogP contribution >= 0.6 is 0 Å². The minimum absolute atomic E-state index is 0.178. The van der Waals surface area contributed by atoms with Gasteiger partial charge in [0, 0.05) is 0 Å². The molecule has 1 amide bonds. The highest BCUT2D eigenvalue weighted by molar-refractivity contribution is 5.97. The van der Waals surface area contributed by atoms with E-state index >= 15 is 0 Å². The molecular weight excluding hydrogens is 220 g/mol. The average Bonchev–Trinajstić information content (AvgIpc) is 2.30. The third-order valence-corrected chi connectivity index (χ3v) is 2.76. The first-order valence-electron chi connectivity index (χ1n) is 5.61. The molecule has 5 nitrogen and oxygen atoms in total. The van der Waals surface area contributed by atoms with E-state index < -0.39 is 12.2 Å². The van der Waals surface area contributed by atoms with E-state index in [0.29, 0.717) is 24.4 Å². The van der Waals surface area contributed by atoms with Gasteiger partial charge in [-0.15, -0.1) is 0 Å². The van der Waals surface area contributed by atoms with Gasteiger partial charge in [0.05, 0.1) is 11.8 Å². The number of anilines is 1. The molecule has 92 valence electrons. The molecule has 0 aliphatic carbocycles. The van der Waals surface area contributed by atoms with E-state index in [0.717, 1.165) is 5.56 Å². The monoisotopic (exact) mass is 236 g/mol. The van der Waals surface area contributed by atoms with Crippen molar-refractivity contribution in [3.8, 4) is 5.75 Å². The van der Waals surface area contributed by atoms with Crippen molar-refractivity contribution >= 4 is 11.6 Å². The summed E-state index contributed by atoms with van der Waals surface area (Å²) in [5.74, 6) is 0.448. The van der Waals surface area contributed by atoms with E-state index in [1.807, 2.05) is 0 Å². The summed E-state index contributed by atoms with van der Waals surface area (Å²) >= 11 is 0. The summed E-state index contributed by atoms with van der Waals surface area (Å²) in [5.41, 5.74) is 6.72. The van der Waals surface area contributed by atoms with E-state index in [9.17, 15) is 9.90 Å². The molecule has 1 aromatic rings. The Labute approximate surface area is 99.6 Å². The Bertz CT molecular complexity index is 434. The average molecular weight is 236 g/mol. The van der Waals surface area contributed by atoms with Crippen LogP contribution < -0.4 is 15.8 Å². The van der Waals surface area contributed by atoms with E-state index in [-0.39, 0.29) is 5.91 Å². The molecule has 1 heterocycles. The number of aliphatic hydroxyl groups is 1. The van der Waals surface area contributed by atoms with Crippen LogP contribution in [0.1, 0.15) is 25.0 Å². The van der Waals surface area contributed by atoms with E-state index in [1.54, 1.807) is 25.1 Å². The SMILES string of the molecule is CC1Oc2ccc(C(O)CCN)cc2NC1=O. The second-order valence-corrected chi connectivity index (χ2v) is 4.10. The molecular formula is C12H16N2O3. The van der Waals surface area contributed by atoms with Crippen molar-refractivity contribution in [2.75, 3.05) is 11.9 Å². The molecule has 1 aliphatic rings.